The van der Waals surface area contributed by atoms with E-state index in [1.165, 1.54) is 5.56 Å². The van der Waals surface area contributed by atoms with Crippen molar-refractivity contribution in [3.05, 3.63) is 70.8 Å². The fourth-order valence-corrected chi connectivity index (χ4v) is 2.14. The lowest BCUT2D eigenvalue weighted by atomic mass is 10.0. The molecule has 0 radical (unpaired) electrons. The Morgan fingerprint density at radius 1 is 0.882 bits per heavy atom. The number of Topliss-reactive ketones (excluding diaryl/α,β-unsaturated/α-hetero) is 1. The highest BCUT2D eigenvalue weighted by atomic mass is 16.1. The van der Waals surface area contributed by atoms with Crippen molar-refractivity contribution in [3.63, 3.8) is 0 Å². The van der Waals surface area contributed by atoms with Crippen molar-refractivity contribution < 1.29 is 4.79 Å². The molecule has 0 saturated heterocycles. The molecule has 2 aromatic carbocycles. The van der Waals surface area contributed by atoms with Crippen molar-refractivity contribution >= 4 is 17.4 Å². The third-order valence-corrected chi connectivity index (χ3v) is 3.11. The molecular formula is C16H12O. The van der Waals surface area contributed by atoms with Gasteiger partial charge in [-0.05, 0) is 24.1 Å². The van der Waals surface area contributed by atoms with Crippen LogP contribution in [0.3, 0.4) is 0 Å². The van der Waals surface area contributed by atoms with Gasteiger partial charge in [-0.15, -0.1) is 0 Å². The summed E-state index contributed by atoms with van der Waals surface area (Å²) in [6.45, 7) is 2.05. The summed E-state index contributed by atoms with van der Waals surface area (Å²) >= 11 is 0. The Morgan fingerprint density at radius 3 is 2.29 bits per heavy atom. The lowest BCUT2D eigenvalue weighted by molar-refractivity contribution is 0.105. The Labute approximate surface area is 100 Å². The molecular weight excluding hydrogens is 208 g/mol. The molecule has 0 fully saturated rings. The summed E-state index contributed by atoms with van der Waals surface area (Å²) in [6.07, 6.45) is 1.97. The molecule has 1 aliphatic carbocycles. The molecule has 0 N–H and O–H groups in total. The van der Waals surface area contributed by atoms with Gasteiger partial charge in [-0.1, -0.05) is 54.1 Å². The van der Waals surface area contributed by atoms with E-state index in [0.29, 0.717) is 0 Å². The Kier molecular flexibility index (Phi) is 2.19. The van der Waals surface area contributed by atoms with E-state index in [9.17, 15) is 4.79 Å². The summed E-state index contributed by atoms with van der Waals surface area (Å²) < 4.78 is 0. The highest BCUT2D eigenvalue weighted by Gasteiger charge is 2.22. The first-order valence-corrected chi connectivity index (χ1v) is 5.68. The Balaban J connectivity index is 2.08. The molecule has 0 spiro atoms. The molecule has 3 rings (SSSR count). The van der Waals surface area contributed by atoms with Gasteiger partial charge in [0.2, 0.25) is 0 Å². The predicted octanol–water partition coefficient (Wildman–Crippen LogP) is 3.73. The van der Waals surface area contributed by atoms with Crippen LogP contribution in [0.25, 0.3) is 11.6 Å². The van der Waals surface area contributed by atoms with Gasteiger partial charge in [-0.25, -0.2) is 0 Å². The zero-order valence-electron chi connectivity index (χ0n) is 9.60. The minimum absolute atomic E-state index is 0.129. The van der Waals surface area contributed by atoms with Gasteiger partial charge in [-0.3, -0.25) is 4.79 Å². The summed E-state index contributed by atoms with van der Waals surface area (Å²) in [7, 11) is 0. The summed E-state index contributed by atoms with van der Waals surface area (Å²) in [6, 6.07) is 15.8. The number of hydrogen-bond acceptors (Lipinski definition) is 1. The summed E-state index contributed by atoms with van der Waals surface area (Å²) in [4.78, 5) is 12.2. The van der Waals surface area contributed by atoms with E-state index in [1.54, 1.807) is 0 Å². The van der Waals surface area contributed by atoms with Crippen LogP contribution in [-0.2, 0) is 0 Å². The standard InChI is InChI=1S/C16H12O/c1-11-6-8-12(9-7-11)15-10-13-4-2-3-5-14(13)16(15)17/h2-10H,1H3. The Morgan fingerprint density at radius 2 is 1.59 bits per heavy atom. The molecule has 0 heterocycles. The van der Waals surface area contributed by atoms with E-state index in [4.69, 9.17) is 0 Å². The van der Waals surface area contributed by atoms with Crippen molar-refractivity contribution in [1.82, 2.24) is 0 Å². The average molecular weight is 220 g/mol. The Hall–Kier alpha value is -2.15. The van der Waals surface area contributed by atoms with Gasteiger partial charge in [0.05, 0.1) is 0 Å². The van der Waals surface area contributed by atoms with Gasteiger partial charge in [0, 0.05) is 11.1 Å². The van der Waals surface area contributed by atoms with Crippen LogP contribution in [0.15, 0.2) is 48.5 Å². The smallest absolute Gasteiger partial charge is 0.194 e. The Bertz CT molecular complexity index is 618. The van der Waals surface area contributed by atoms with Crippen LogP contribution in [0.2, 0.25) is 0 Å². The molecule has 0 saturated carbocycles. The second kappa shape index (κ2) is 3.70. The molecule has 1 aliphatic rings. The molecule has 17 heavy (non-hydrogen) atoms. The fourth-order valence-electron chi connectivity index (χ4n) is 2.14. The van der Waals surface area contributed by atoms with Crippen LogP contribution in [-0.4, -0.2) is 5.78 Å². The van der Waals surface area contributed by atoms with Crippen LogP contribution in [0, 0.1) is 6.92 Å². The van der Waals surface area contributed by atoms with Gasteiger partial charge in [0.1, 0.15) is 0 Å². The number of ketones is 1. The number of hydrogen-bond donors (Lipinski definition) is 0. The van der Waals surface area contributed by atoms with Crippen LogP contribution in [0.4, 0.5) is 0 Å². The summed E-state index contributed by atoms with van der Waals surface area (Å²) in [5.74, 6) is 0.129. The molecule has 0 amide bonds. The van der Waals surface area contributed by atoms with E-state index < -0.39 is 0 Å². The molecule has 0 aliphatic heterocycles. The first-order valence-electron chi connectivity index (χ1n) is 5.68. The molecule has 0 atom stereocenters. The summed E-state index contributed by atoms with van der Waals surface area (Å²) in [5.41, 5.74) is 4.83. The quantitative estimate of drug-likeness (QED) is 0.715. The van der Waals surface area contributed by atoms with E-state index in [2.05, 4.69) is 0 Å². The van der Waals surface area contributed by atoms with Gasteiger partial charge < -0.3 is 0 Å². The zero-order valence-corrected chi connectivity index (χ0v) is 9.60. The molecule has 0 aromatic heterocycles. The number of carbonyl (C=O) groups excluding carboxylic acids is 1. The predicted molar refractivity (Wildman–Crippen MR) is 69.8 cm³/mol. The van der Waals surface area contributed by atoms with E-state index in [0.717, 1.165) is 22.3 Å². The molecule has 1 heteroatoms. The minimum atomic E-state index is 0.129. The highest BCUT2D eigenvalue weighted by Crippen LogP contribution is 2.31. The minimum Gasteiger partial charge on any atom is -0.289 e. The molecule has 2 aromatic rings. The van der Waals surface area contributed by atoms with Gasteiger partial charge in [0.25, 0.3) is 0 Å². The lowest BCUT2D eigenvalue weighted by Crippen LogP contribution is -1.97. The van der Waals surface area contributed by atoms with Crippen molar-refractivity contribution in [2.45, 2.75) is 6.92 Å². The van der Waals surface area contributed by atoms with Crippen LogP contribution in [0.1, 0.15) is 27.0 Å². The highest BCUT2D eigenvalue weighted by molar-refractivity contribution is 6.37. The maximum Gasteiger partial charge on any atom is 0.194 e. The molecule has 82 valence electrons. The summed E-state index contributed by atoms with van der Waals surface area (Å²) in [5, 5.41) is 0. The van der Waals surface area contributed by atoms with Crippen LogP contribution >= 0.6 is 0 Å². The van der Waals surface area contributed by atoms with Crippen LogP contribution < -0.4 is 0 Å². The number of benzene rings is 2. The number of allylic oxidation sites excluding steroid dienone is 1. The first kappa shape index (κ1) is 10.0. The van der Waals surface area contributed by atoms with Crippen molar-refractivity contribution in [2.24, 2.45) is 0 Å². The van der Waals surface area contributed by atoms with Gasteiger partial charge >= 0.3 is 0 Å². The first-order chi connectivity index (χ1) is 8.25. The van der Waals surface area contributed by atoms with Gasteiger partial charge in [-0.2, -0.15) is 0 Å². The van der Waals surface area contributed by atoms with E-state index in [1.807, 2.05) is 61.5 Å². The third-order valence-electron chi connectivity index (χ3n) is 3.11. The van der Waals surface area contributed by atoms with E-state index in [-0.39, 0.29) is 5.78 Å². The van der Waals surface area contributed by atoms with Crippen molar-refractivity contribution in [2.75, 3.05) is 0 Å². The molecule has 1 nitrogen and oxygen atoms in total. The molecule has 0 bridgehead atoms. The SMILES string of the molecule is Cc1ccc(C2=Cc3ccccc3C2=O)cc1. The number of aryl methyl sites for hydroxylation is 1. The van der Waals surface area contributed by atoms with E-state index >= 15 is 0 Å². The lowest BCUT2D eigenvalue weighted by Gasteiger charge is -2.01. The topological polar surface area (TPSA) is 17.1 Å². The van der Waals surface area contributed by atoms with Crippen molar-refractivity contribution in [1.29, 1.82) is 0 Å². The third kappa shape index (κ3) is 1.60. The largest absolute Gasteiger partial charge is 0.289 e. The number of rotatable bonds is 1. The fraction of sp³-hybridized carbons (Fsp3) is 0.0625. The zero-order chi connectivity index (χ0) is 11.8. The monoisotopic (exact) mass is 220 g/mol. The second-order valence-corrected chi connectivity index (χ2v) is 4.34. The maximum absolute atomic E-state index is 12.2. The maximum atomic E-state index is 12.2. The molecule has 0 unspecified atom stereocenters. The van der Waals surface area contributed by atoms with Crippen molar-refractivity contribution in [3.8, 4) is 0 Å². The number of fused-ring (bicyclic) bond motifs is 1. The second-order valence-electron chi connectivity index (χ2n) is 4.34. The van der Waals surface area contributed by atoms with Crippen LogP contribution in [0.5, 0.6) is 0 Å². The normalized spacial score (nSPS) is 13.5. The number of carbonyl (C=O) groups is 1. The van der Waals surface area contributed by atoms with Gasteiger partial charge in [0.15, 0.2) is 5.78 Å². The average Bonchev–Trinajstić information content (AvgIpc) is 2.69.